The molecule has 0 bridgehead atoms. The predicted octanol–water partition coefficient (Wildman–Crippen LogP) is 2.38. The summed E-state index contributed by atoms with van der Waals surface area (Å²) in [4.78, 5) is 0. The minimum atomic E-state index is 0.110. The van der Waals surface area contributed by atoms with Crippen molar-refractivity contribution in [1.82, 2.24) is 20.7 Å². The zero-order chi connectivity index (χ0) is 12.4. The first-order chi connectivity index (χ1) is 8.88. The highest BCUT2D eigenvalue weighted by molar-refractivity contribution is 5.31. The van der Waals surface area contributed by atoms with E-state index in [1.54, 1.807) is 6.20 Å². The Morgan fingerprint density at radius 3 is 2.56 bits per heavy atom. The highest BCUT2D eigenvalue weighted by atomic mass is 15.3. The maximum absolute atomic E-state index is 4.15. The minimum Gasteiger partial charge on any atom is -0.308 e. The molecule has 4 nitrogen and oxygen atoms in total. The van der Waals surface area contributed by atoms with E-state index >= 15 is 0 Å². The highest BCUT2D eigenvalue weighted by Gasteiger charge is 2.20. The van der Waals surface area contributed by atoms with Gasteiger partial charge in [-0.2, -0.15) is 15.4 Å². The van der Waals surface area contributed by atoms with E-state index in [0.29, 0.717) is 0 Å². The largest absolute Gasteiger partial charge is 0.308 e. The molecule has 1 atom stereocenters. The molecule has 1 aliphatic carbocycles. The summed E-state index contributed by atoms with van der Waals surface area (Å²) < 4.78 is 0. The molecule has 1 fully saturated rings. The van der Waals surface area contributed by atoms with Crippen LogP contribution < -0.4 is 5.32 Å². The van der Waals surface area contributed by atoms with E-state index in [4.69, 9.17) is 0 Å². The monoisotopic (exact) mass is 242 g/mol. The van der Waals surface area contributed by atoms with Gasteiger partial charge in [0.05, 0.1) is 12.2 Å². The summed E-state index contributed by atoms with van der Waals surface area (Å²) in [6, 6.07) is 9.01. The van der Waals surface area contributed by atoms with Gasteiger partial charge < -0.3 is 5.32 Å². The summed E-state index contributed by atoms with van der Waals surface area (Å²) in [6.07, 6.45) is 5.84. The van der Waals surface area contributed by atoms with E-state index in [2.05, 4.69) is 45.0 Å². The predicted molar refractivity (Wildman–Crippen MR) is 70.3 cm³/mol. The molecule has 0 saturated heterocycles. The van der Waals surface area contributed by atoms with Crippen LogP contribution >= 0.6 is 0 Å². The second-order valence-electron chi connectivity index (χ2n) is 4.91. The molecule has 2 aromatic rings. The number of hydrogen-bond acceptors (Lipinski definition) is 3. The Morgan fingerprint density at radius 2 is 2.06 bits per heavy atom. The van der Waals surface area contributed by atoms with E-state index < -0.39 is 0 Å². The van der Waals surface area contributed by atoms with Gasteiger partial charge in [-0.1, -0.05) is 30.7 Å². The molecular weight excluding hydrogens is 224 g/mol. The number of benzene rings is 1. The standard InChI is InChI=1S/C14H18N4/c1-15-14(13-9-16-18-17-13)12-7-5-11(6-8-12)10-3-2-4-10/h5-10,14-15H,2-4H2,1H3,(H,16,17,18). The molecule has 1 aromatic carbocycles. The third-order valence-corrected chi connectivity index (χ3v) is 3.86. The van der Waals surface area contributed by atoms with Crippen LogP contribution in [0.5, 0.6) is 0 Å². The molecule has 1 unspecified atom stereocenters. The second-order valence-corrected chi connectivity index (χ2v) is 4.91. The van der Waals surface area contributed by atoms with E-state index in [1.807, 2.05) is 7.05 Å². The summed E-state index contributed by atoms with van der Waals surface area (Å²) in [5, 5.41) is 14.0. The lowest BCUT2D eigenvalue weighted by Crippen LogP contribution is -2.18. The van der Waals surface area contributed by atoms with Gasteiger partial charge in [0.15, 0.2) is 0 Å². The van der Waals surface area contributed by atoms with Crippen molar-refractivity contribution < 1.29 is 0 Å². The van der Waals surface area contributed by atoms with Crippen LogP contribution in [-0.2, 0) is 0 Å². The molecule has 0 spiro atoms. The normalized spacial score (nSPS) is 17.4. The van der Waals surface area contributed by atoms with Crippen LogP contribution in [0.3, 0.4) is 0 Å². The molecule has 1 aliphatic rings. The Kier molecular flexibility index (Phi) is 3.11. The van der Waals surface area contributed by atoms with Crippen LogP contribution in [-0.4, -0.2) is 22.5 Å². The smallest absolute Gasteiger partial charge is 0.104 e. The number of H-pyrrole nitrogens is 1. The van der Waals surface area contributed by atoms with Crippen molar-refractivity contribution in [2.45, 2.75) is 31.2 Å². The van der Waals surface area contributed by atoms with Gasteiger partial charge in [-0.25, -0.2) is 0 Å². The van der Waals surface area contributed by atoms with Gasteiger partial charge in [-0.15, -0.1) is 0 Å². The van der Waals surface area contributed by atoms with Crippen LogP contribution in [0.2, 0.25) is 0 Å². The Hall–Kier alpha value is -1.68. The first-order valence-electron chi connectivity index (χ1n) is 6.51. The SMILES string of the molecule is CNC(c1ccc(C2CCC2)cc1)c1cn[nH]n1. The first kappa shape index (κ1) is 11.4. The fraction of sp³-hybridized carbons (Fsp3) is 0.429. The van der Waals surface area contributed by atoms with Gasteiger partial charge in [0.1, 0.15) is 5.69 Å². The molecule has 0 amide bonds. The quantitative estimate of drug-likeness (QED) is 0.865. The third kappa shape index (κ3) is 2.04. The molecule has 18 heavy (non-hydrogen) atoms. The van der Waals surface area contributed by atoms with Gasteiger partial charge in [-0.05, 0) is 36.9 Å². The highest BCUT2D eigenvalue weighted by Crippen LogP contribution is 2.36. The van der Waals surface area contributed by atoms with Gasteiger partial charge in [0.25, 0.3) is 0 Å². The molecule has 0 aliphatic heterocycles. The number of nitrogens with one attached hydrogen (secondary N) is 2. The van der Waals surface area contributed by atoms with Crippen molar-refractivity contribution in [3.05, 3.63) is 47.3 Å². The molecule has 1 saturated carbocycles. The number of aromatic amines is 1. The Morgan fingerprint density at radius 1 is 1.28 bits per heavy atom. The third-order valence-electron chi connectivity index (χ3n) is 3.86. The van der Waals surface area contributed by atoms with Crippen LogP contribution in [0, 0.1) is 0 Å². The zero-order valence-electron chi connectivity index (χ0n) is 10.6. The number of hydrogen-bond donors (Lipinski definition) is 2. The topological polar surface area (TPSA) is 53.6 Å². The average molecular weight is 242 g/mol. The van der Waals surface area contributed by atoms with Gasteiger partial charge in [0, 0.05) is 0 Å². The number of rotatable bonds is 4. The number of nitrogens with zero attached hydrogens (tertiary/aromatic N) is 2. The van der Waals surface area contributed by atoms with Crippen LogP contribution in [0.15, 0.2) is 30.5 Å². The van der Waals surface area contributed by atoms with Crippen molar-refractivity contribution in [3.63, 3.8) is 0 Å². The molecule has 3 rings (SSSR count). The lowest BCUT2D eigenvalue weighted by atomic mass is 9.80. The van der Waals surface area contributed by atoms with Crippen LogP contribution in [0.25, 0.3) is 0 Å². The lowest BCUT2D eigenvalue weighted by Gasteiger charge is -2.26. The molecule has 1 aromatic heterocycles. The first-order valence-corrected chi connectivity index (χ1v) is 6.51. The Balaban J connectivity index is 1.82. The molecular formula is C14H18N4. The average Bonchev–Trinajstić information content (AvgIpc) is 2.84. The molecule has 0 radical (unpaired) electrons. The van der Waals surface area contributed by atoms with Gasteiger partial charge in [0.2, 0.25) is 0 Å². The van der Waals surface area contributed by atoms with Crippen molar-refractivity contribution >= 4 is 0 Å². The van der Waals surface area contributed by atoms with Crippen molar-refractivity contribution in [2.24, 2.45) is 0 Å². The van der Waals surface area contributed by atoms with Crippen molar-refractivity contribution in [2.75, 3.05) is 7.05 Å². The van der Waals surface area contributed by atoms with E-state index in [9.17, 15) is 0 Å². The molecule has 94 valence electrons. The summed E-state index contributed by atoms with van der Waals surface area (Å²) in [6.45, 7) is 0. The van der Waals surface area contributed by atoms with Gasteiger partial charge >= 0.3 is 0 Å². The zero-order valence-corrected chi connectivity index (χ0v) is 10.6. The second kappa shape index (κ2) is 4.90. The van der Waals surface area contributed by atoms with E-state index in [1.165, 1.54) is 30.4 Å². The van der Waals surface area contributed by atoms with E-state index in [-0.39, 0.29) is 6.04 Å². The molecule has 4 heteroatoms. The fourth-order valence-electron chi connectivity index (χ4n) is 2.54. The van der Waals surface area contributed by atoms with Crippen molar-refractivity contribution in [3.8, 4) is 0 Å². The Labute approximate surface area is 107 Å². The maximum Gasteiger partial charge on any atom is 0.104 e. The Bertz CT molecular complexity index is 485. The summed E-state index contributed by atoms with van der Waals surface area (Å²) in [7, 11) is 1.94. The maximum atomic E-state index is 4.15. The summed E-state index contributed by atoms with van der Waals surface area (Å²) >= 11 is 0. The van der Waals surface area contributed by atoms with Crippen LogP contribution in [0.1, 0.15) is 48.0 Å². The number of aromatic nitrogens is 3. The van der Waals surface area contributed by atoms with Crippen molar-refractivity contribution in [1.29, 1.82) is 0 Å². The molecule has 1 heterocycles. The minimum absolute atomic E-state index is 0.110. The molecule has 2 N–H and O–H groups in total. The summed E-state index contributed by atoms with van der Waals surface area (Å²) in [5.41, 5.74) is 3.63. The van der Waals surface area contributed by atoms with Gasteiger partial charge in [-0.3, -0.25) is 0 Å². The van der Waals surface area contributed by atoms with E-state index in [0.717, 1.165) is 11.6 Å². The van der Waals surface area contributed by atoms with Crippen LogP contribution in [0.4, 0.5) is 0 Å². The lowest BCUT2D eigenvalue weighted by molar-refractivity contribution is 0.419. The fourth-order valence-corrected chi connectivity index (χ4v) is 2.54. The summed E-state index contributed by atoms with van der Waals surface area (Å²) in [5.74, 6) is 0.791.